The molecular weight excluding hydrogens is 275 g/mol. The maximum atomic E-state index is 11.9. The minimum Gasteiger partial charge on any atom is -0.505 e. The number of carbonyl (C=O) groups excluding carboxylic acids is 1. The van der Waals surface area contributed by atoms with Crippen LogP contribution in [0, 0.1) is 0 Å². The molecule has 18 heavy (non-hydrogen) atoms. The fourth-order valence-corrected chi connectivity index (χ4v) is 2.02. The van der Waals surface area contributed by atoms with Crippen molar-refractivity contribution in [3.05, 3.63) is 46.2 Å². The highest BCUT2D eigenvalue weighted by Crippen LogP contribution is 2.34. The van der Waals surface area contributed by atoms with E-state index in [2.05, 4.69) is 5.32 Å². The van der Waals surface area contributed by atoms with E-state index in [1.54, 1.807) is 29.9 Å². The van der Waals surface area contributed by atoms with E-state index in [1.807, 2.05) is 0 Å². The molecule has 4 nitrogen and oxygen atoms in total. The van der Waals surface area contributed by atoms with Crippen molar-refractivity contribution in [2.24, 2.45) is 7.05 Å². The van der Waals surface area contributed by atoms with Gasteiger partial charge in [-0.1, -0.05) is 23.2 Å². The van der Waals surface area contributed by atoms with Gasteiger partial charge in [-0.3, -0.25) is 4.79 Å². The number of nitrogens with one attached hydrogen (secondary N) is 1. The van der Waals surface area contributed by atoms with Crippen LogP contribution in [-0.4, -0.2) is 15.6 Å². The highest BCUT2D eigenvalue weighted by atomic mass is 35.5. The number of aryl methyl sites for hydroxylation is 1. The molecule has 1 heterocycles. The molecule has 1 aromatic heterocycles. The second-order valence-electron chi connectivity index (χ2n) is 3.75. The zero-order valence-electron chi connectivity index (χ0n) is 9.45. The predicted octanol–water partition coefficient (Wildman–Crippen LogP) is 3.29. The number of halogens is 2. The van der Waals surface area contributed by atoms with Crippen LogP contribution in [0.3, 0.4) is 0 Å². The SMILES string of the molecule is Cn1cccc1C(=O)Nc1cc(Cl)c(O)c(Cl)c1. The molecular formula is C12H10Cl2N2O2. The van der Waals surface area contributed by atoms with Crippen molar-refractivity contribution in [1.82, 2.24) is 4.57 Å². The standard InChI is InChI=1S/C12H10Cl2N2O2/c1-16-4-2-3-10(16)12(18)15-7-5-8(13)11(17)9(14)6-7/h2-6,17H,1H3,(H,15,18). The van der Waals surface area contributed by atoms with Gasteiger partial charge in [-0.05, 0) is 24.3 Å². The Morgan fingerprint density at radius 3 is 2.44 bits per heavy atom. The molecule has 0 atom stereocenters. The van der Waals surface area contributed by atoms with E-state index in [9.17, 15) is 9.90 Å². The molecule has 2 aromatic rings. The van der Waals surface area contributed by atoms with Crippen molar-refractivity contribution in [1.29, 1.82) is 0 Å². The molecule has 0 bridgehead atoms. The molecule has 1 aromatic carbocycles. The van der Waals surface area contributed by atoms with Gasteiger partial charge in [0.25, 0.3) is 5.91 Å². The molecule has 0 saturated heterocycles. The Morgan fingerprint density at radius 2 is 1.94 bits per heavy atom. The van der Waals surface area contributed by atoms with Crippen molar-refractivity contribution < 1.29 is 9.90 Å². The Hall–Kier alpha value is -1.65. The van der Waals surface area contributed by atoms with E-state index in [1.165, 1.54) is 12.1 Å². The number of anilines is 1. The van der Waals surface area contributed by atoms with Gasteiger partial charge in [0.05, 0.1) is 10.0 Å². The molecule has 0 saturated carbocycles. The van der Waals surface area contributed by atoms with Gasteiger partial charge in [-0.15, -0.1) is 0 Å². The van der Waals surface area contributed by atoms with Crippen molar-refractivity contribution in [3.63, 3.8) is 0 Å². The quantitative estimate of drug-likeness (QED) is 0.832. The molecule has 0 fully saturated rings. The Morgan fingerprint density at radius 1 is 1.33 bits per heavy atom. The fourth-order valence-electron chi connectivity index (χ4n) is 1.53. The number of phenols is 1. The van der Waals surface area contributed by atoms with E-state index < -0.39 is 0 Å². The van der Waals surface area contributed by atoms with Crippen LogP contribution in [0.2, 0.25) is 10.0 Å². The van der Waals surface area contributed by atoms with Crippen LogP contribution in [0.25, 0.3) is 0 Å². The molecule has 2 N–H and O–H groups in total. The molecule has 0 radical (unpaired) electrons. The number of amides is 1. The molecule has 6 heteroatoms. The summed E-state index contributed by atoms with van der Waals surface area (Å²) in [4.78, 5) is 11.9. The third kappa shape index (κ3) is 2.44. The topological polar surface area (TPSA) is 54.3 Å². The number of rotatable bonds is 2. The third-order valence-electron chi connectivity index (χ3n) is 2.45. The van der Waals surface area contributed by atoms with Crippen molar-refractivity contribution in [3.8, 4) is 5.75 Å². The van der Waals surface area contributed by atoms with E-state index >= 15 is 0 Å². The minimum atomic E-state index is -0.277. The Labute approximate surface area is 114 Å². The highest BCUT2D eigenvalue weighted by Gasteiger charge is 2.12. The summed E-state index contributed by atoms with van der Waals surface area (Å²) < 4.78 is 1.69. The fraction of sp³-hybridized carbons (Fsp3) is 0.0833. The second kappa shape index (κ2) is 4.92. The summed E-state index contributed by atoms with van der Waals surface area (Å²) in [7, 11) is 1.77. The molecule has 0 unspecified atom stereocenters. The largest absolute Gasteiger partial charge is 0.505 e. The predicted molar refractivity (Wildman–Crippen MR) is 71.5 cm³/mol. The first-order chi connectivity index (χ1) is 8.49. The van der Waals surface area contributed by atoms with Crippen LogP contribution in [0.15, 0.2) is 30.5 Å². The maximum absolute atomic E-state index is 11.9. The van der Waals surface area contributed by atoms with Crippen LogP contribution in [0.1, 0.15) is 10.5 Å². The summed E-state index contributed by atoms with van der Waals surface area (Å²) in [6, 6.07) is 6.33. The lowest BCUT2D eigenvalue weighted by molar-refractivity contribution is 0.101. The lowest BCUT2D eigenvalue weighted by Crippen LogP contribution is -2.15. The number of aromatic hydroxyl groups is 1. The second-order valence-corrected chi connectivity index (χ2v) is 4.56. The highest BCUT2D eigenvalue weighted by molar-refractivity contribution is 6.37. The van der Waals surface area contributed by atoms with Gasteiger partial charge in [-0.25, -0.2) is 0 Å². The number of phenolic OH excluding ortho intramolecular Hbond substituents is 1. The van der Waals surface area contributed by atoms with Gasteiger partial charge < -0.3 is 15.0 Å². The zero-order valence-corrected chi connectivity index (χ0v) is 11.0. The number of aromatic nitrogens is 1. The maximum Gasteiger partial charge on any atom is 0.272 e. The van der Waals surface area contributed by atoms with Crippen LogP contribution in [0.4, 0.5) is 5.69 Å². The van der Waals surface area contributed by atoms with Crippen LogP contribution in [-0.2, 0) is 7.05 Å². The summed E-state index contributed by atoms with van der Waals surface area (Å²) in [5.74, 6) is -0.476. The molecule has 94 valence electrons. The lowest BCUT2D eigenvalue weighted by Gasteiger charge is -2.08. The van der Waals surface area contributed by atoms with Crippen LogP contribution in [0.5, 0.6) is 5.75 Å². The number of nitrogens with zero attached hydrogens (tertiary/aromatic N) is 1. The number of benzene rings is 1. The van der Waals surface area contributed by atoms with Crippen LogP contribution >= 0.6 is 23.2 Å². The van der Waals surface area contributed by atoms with Gasteiger partial charge >= 0.3 is 0 Å². The van der Waals surface area contributed by atoms with Gasteiger partial charge in [0.15, 0.2) is 5.75 Å². The summed E-state index contributed by atoms with van der Waals surface area (Å²) in [5, 5.41) is 12.2. The van der Waals surface area contributed by atoms with Gasteiger partial charge in [-0.2, -0.15) is 0 Å². The van der Waals surface area contributed by atoms with Gasteiger partial charge in [0, 0.05) is 18.9 Å². The Kier molecular flexibility index (Phi) is 3.50. The van der Waals surface area contributed by atoms with E-state index in [0.717, 1.165) is 0 Å². The van der Waals surface area contributed by atoms with Crippen molar-refractivity contribution in [2.75, 3.05) is 5.32 Å². The molecule has 2 rings (SSSR count). The first-order valence-electron chi connectivity index (χ1n) is 5.09. The number of hydrogen-bond donors (Lipinski definition) is 2. The smallest absolute Gasteiger partial charge is 0.272 e. The van der Waals surface area contributed by atoms with Crippen LogP contribution < -0.4 is 5.32 Å². The first kappa shape index (κ1) is 12.8. The molecule has 0 aliphatic rings. The molecule has 1 amide bonds. The summed E-state index contributed by atoms with van der Waals surface area (Å²) in [6.45, 7) is 0. The van der Waals surface area contributed by atoms with Crippen molar-refractivity contribution in [2.45, 2.75) is 0 Å². The van der Waals surface area contributed by atoms with Gasteiger partial charge in [0.1, 0.15) is 5.69 Å². The average molecular weight is 285 g/mol. The monoisotopic (exact) mass is 284 g/mol. The van der Waals surface area contributed by atoms with Crippen molar-refractivity contribution >= 4 is 34.8 Å². The van der Waals surface area contributed by atoms with E-state index in [0.29, 0.717) is 11.4 Å². The summed E-state index contributed by atoms with van der Waals surface area (Å²) in [5.41, 5.74) is 0.935. The minimum absolute atomic E-state index is 0.0877. The van der Waals surface area contributed by atoms with Gasteiger partial charge in [0.2, 0.25) is 0 Å². The molecule has 0 aliphatic carbocycles. The Balaban J connectivity index is 2.25. The normalized spacial score (nSPS) is 10.4. The summed E-state index contributed by atoms with van der Waals surface area (Å²) >= 11 is 11.5. The van der Waals surface area contributed by atoms with E-state index in [-0.39, 0.29) is 21.7 Å². The molecule has 0 spiro atoms. The summed E-state index contributed by atoms with van der Waals surface area (Å²) in [6.07, 6.45) is 1.77. The number of hydrogen-bond acceptors (Lipinski definition) is 2. The third-order valence-corrected chi connectivity index (χ3v) is 3.03. The molecule has 0 aliphatic heterocycles. The first-order valence-corrected chi connectivity index (χ1v) is 5.85. The Bertz CT molecular complexity index is 585. The zero-order chi connectivity index (χ0) is 13.3. The lowest BCUT2D eigenvalue weighted by atomic mass is 10.3. The number of carbonyl (C=O) groups is 1. The average Bonchev–Trinajstić information content (AvgIpc) is 2.72. The van der Waals surface area contributed by atoms with E-state index in [4.69, 9.17) is 23.2 Å².